The molecule has 1 rings (SSSR count). The van der Waals surface area contributed by atoms with Crippen molar-refractivity contribution in [3.05, 3.63) is 28.3 Å². The van der Waals surface area contributed by atoms with E-state index in [1.54, 1.807) is 6.07 Å². The first-order valence-corrected chi connectivity index (χ1v) is 5.93. The van der Waals surface area contributed by atoms with Crippen molar-refractivity contribution >= 4 is 11.6 Å². The van der Waals surface area contributed by atoms with Crippen molar-refractivity contribution in [1.82, 2.24) is 0 Å². The Hall–Kier alpha value is 0.193. The van der Waals surface area contributed by atoms with E-state index in [0.717, 1.165) is 11.1 Å². The molecular weight excluding hydrogens is 311 g/mol. The topological polar surface area (TPSA) is 23.1 Å². The summed E-state index contributed by atoms with van der Waals surface area (Å²) in [5.41, 5.74) is 1.51. The van der Waals surface area contributed by atoms with Crippen molar-refractivity contribution in [2.75, 3.05) is 0 Å². The molecule has 0 unspecified atom stereocenters. The van der Waals surface area contributed by atoms with E-state index in [-0.39, 0.29) is 42.8 Å². The Morgan fingerprint density at radius 1 is 0.941 bits per heavy atom. The van der Waals surface area contributed by atoms with Crippen LogP contribution in [0, 0.1) is 0 Å². The molecule has 93 valence electrons. The van der Waals surface area contributed by atoms with Gasteiger partial charge < -0.3 is 5.11 Å². The summed E-state index contributed by atoms with van der Waals surface area (Å²) in [6, 6.07) is 3.48. The van der Waals surface area contributed by atoms with Gasteiger partial charge in [-0.15, -0.1) is 5.75 Å². The normalized spacial score (nSPS) is 12.2. The standard InChI is InChI=1S/C14H21ClO.Zr/c1-13(2,3)9-7-8-10(16)11(12(9)15)14(4,5)6;/h7-8,16H,1-6H3;/q;+1/p-1. The van der Waals surface area contributed by atoms with Crippen molar-refractivity contribution in [2.45, 2.75) is 52.4 Å². The number of hydrogen-bond acceptors (Lipinski definition) is 1. The first-order chi connectivity index (χ1) is 7.05. The van der Waals surface area contributed by atoms with Gasteiger partial charge in [0, 0.05) is 5.02 Å². The third kappa shape index (κ3) is 3.83. The maximum Gasteiger partial charge on any atom is 1.00 e. The summed E-state index contributed by atoms with van der Waals surface area (Å²) in [5, 5.41) is 12.5. The molecule has 1 aromatic carbocycles. The van der Waals surface area contributed by atoms with Crippen molar-refractivity contribution in [1.29, 1.82) is 0 Å². The van der Waals surface area contributed by atoms with E-state index >= 15 is 0 Å². The second-order valence-electron chi connectivity index (χ2n) is 6.30. The van der Waals surface area contributed by atoms with Gasteiger partial charge in [-0.25, -0.2) is 0 Å². The van der Waals surface area contributed by atoms with Crippen LogP contribution in [0.4, 0.5) is 0 Å². The van der Waals surface area contributed by atoms with Gasteiger partial charge in [-0.3, -0.25) is 0 Å². The summed E-state index contributed by atoms with van der Waals surface area (Å²) in [6.07, 6.45) is 0. The fourth-order valence-corrected chi connectivity index (χ4v) is 2.56. The molecule has 0 aliphatic carbocycles. The molecule has 0 N–H and O–H groups in total. The molecule has 17 heavy (non-hydrogen) atoms. The van der Waals surface area contributed by atoms with Crippen LogP contribution in [0.15, 0.2) is 12.1 Å². The molecule has 1 radical (unpaired) electrons. The van der Waals surface area contributed by atoms with Crippen LogP contribution in [0.3, 0.4) is 0 Å². The van der Waals surface area contributed by atoms with Gasteiger partial charge in [0.1, 0.15) is 0 Å². The number of hydrogen-bond donors (Lipinski definition) is 0. The maximum absolute atomic E-state index is 11.9. The van der Waals surface area contributed by atoms with Gasteiger partial charge in [-0.1, -0.05) is 65.3 Å². The summed E-state index contributed by atoms with van der Waals surface area (Å²) < 4.78 is 0. The Morgan fingerprint density at radius 2 is 1.41 bits per heavy atom. The molecule has 1 nitrogen and oxygen atoms in total. The van der Waals surface area contributed by atoms with Gasteiger partial charge in [0.15, 0.2) is 0 Å². The van der Waals surface area contributed by atoms with Crippen LogP contribution in [0.5, 0.6) is 5.75 Å². The van der Waals surface area contributed by atoms with E-state index < -0.39 is 0 Å². The molecule has 3 heteroatoms. The fourth-order valence-electron chi connectivity index (χ4n) is 1.84. The largest absolute Gasteiger partial charge is 1.00 e. The van der Waals surface area contributed by atoms with Crippen LogP contribution in [0.25, 0.3) is 0 Å². The number of rotatable bonds is 0. The summed E-state index contributed by atoms with van der Waals surface area (Å²) in [7, 11) is 0. The van der Waals surface area contributed by atoms with Crippen LogP contribution in [-0.2, 0) is 37.0 Å². The van der Waals surface area contributed by atoms with E-state index in [4.69, 9.17) is 11.6 Å². The minimum Gasteiger partial charge on any atom is -0.872 e. The molecule has 0 saturated heterocycles. The average Bonchev–Trinajstić information content (AvgIpc) is 1.97. The second kappa shape index (κ2) is 5.45. The average molecular weight is 331 g/mol. The van der Waals surface area contributed by atoms with Crippen LogP contribution < -0.4 is 5.11 Å². The Labute approximate surface area is 129 Å². The van der Waals surface area contributed by atoms with Crippen molar-refractivity contribution in [3.8, 4) is 5.75 Å². The monoisotopic (exact) mass is 329 g/mol. The summed E-state index contributed by atoms with van der Waals surface area (Å²) in [6.45, 7) is 12.4. The maximum atomic E-state index is 11.9. The quantitative estimate of drug-likeness (QED) is 0.705. The third-order valence-corrected chi connectivity index (χ3v) is 3.05. The minimum atomic E-state index is -0.213. The molecule has 0 heterocycles. The summed E-state index contributed by atoms with van der Waals surface area (Å²) in [4.78, 5) is 0. The number of halogens is 1. The number of benzene rings is 1. The van der Waals surface area contributed by atoms with Crippen LogP contribution in [0.1, 0.15) is 52.7 Å². The van der Waals surface area contributed by atoms with E-state index in [2.05, 4.69) is 20.8 Å². The van der Waals surface area contributed by atoms with Gasteiger partial charge in [0.25, 0.3) is 0 Å². The predicted molar refractivity (Wildman–Crippen MR) is 68.3 cm³/mol. The zero-order valence-electron chi connectivity index (χ0n) is 11.4. The van der Waals surface area contributed by atoms with Gasteiger partial charge in [-0.2, -0.15) is 0 Å². The molecule has 1 aromatic rings. The summed E-state index contributed by atoms with van der Waals surface area (Å²) in [5.74, 6) is 0.0329. The Bertz CT molecular complexity index is 400. The van der Waals surface area contributed by atoms with Crippen LogP contribution in [-0.4, -0.2) is 0 Å². The van der Waals surface area contributed by atoms with Crippen LogP contribution >= 0.6 is 11.6 Å². The molecular formula is C14H20ClOZr. The Kier molecular flexibility index (Phi) is 5.51. The molecule has 0 aromatic heterocycles. The third-order valence-electron chi connectivity index (χ3n) is 2.66. The van der Waals surface area contributed by atoms with E-state index in [1.807, 2.05) is 26.8 Å². The molecule has 0 spiro atoms. The molecule has 0 amide bonds. The van der Waals surface area contributed by atoms with Crippen molar-refractivity contribution in [2.24, 2.45) is 0 Å². The van der Waals surface area contributed by atoms with Gasteiger partial charge in [0.2, 0.25) is 0 Å². The van der Waals surface area contributed by atoms with Crippen molar-refractivity contribution in [3.63, 3.8) is 0 Å². The fraction of sp³-hybridized carbons (Fsp3) is 0.571. The second-order valence-corrected chi connectivity index (χ2v) is 6.68. The molecule has 0 saturated carbocycles. The molecule has 0 fully saturated rings. The zero-order valence-corrected chi connectivity index (χ0v) is 14.7. The first kappa shape index (κ1) is 17.2. The van der Waals surface area contributed by atoms with Gasteiger partial charge in [0.05, 0.1) is 0 Å². The van der Waals surface area contributed by atoms with E-state index in [9.17, 15) is 5.11 Å². The summed E-state index contributed by atoms with van der Waals surface area (Å²) >= 11 is 6.38. The SMILES string of the molecule is CC(C)(C)c1ccc([O-])c(C(C)(C)C)c1Cl.[Zr+]. The van der Waals surface area contributed by atoms with Gasteiger partial charge in [-0.05, 0) is 22.0 Å². The van der Waals surface area contributed by atoms with E-state index in [0.29, 0.717) is 5.02 Å². The van der Waals surface area contributed by atoms with Crippen LogP contribution in [0.2, 0.25) is 5.02 Å². The molecule has 0 aliphatic heterocycles. The molecule has 0 bridgehead atoms. The Morgan fingerprint density at radius 3 is 1.76 bits per heavy atom. The zero-order chi connectivity index (χ0) is 12.7. The molecule has 0 atom stereocenters. The Balaban J connectivity index is 0.00000256. The van der Waals surface area contributed by atoms with E-state index in [1.165, 1.54) is 0 Å². The predicted octanol–water partition coefficient (Wildman–Crippen LogP) is 4.01. The minimum absolute atomic E-state index is 0. The smallest absolute Gasteiger partial charge is 0.872 e. The molecule has 0 aliphatic rings. The first-order valence-electron chi connectivity index (χ1n) is 5.55. The van der Waals surface area contributed by atoms with Crippen molar-refractivity contribution < 1.29 is 31.3 Å². The van der Waals surface area contributed by atoms with Gasteiger partial charge >= 0.3 is 26.2 Å².